The Morgan fingerprint density at radius 1 is 0.964 bits per heavy atom. The maximum absolute atomic E-state index is 6.52. The molecule has 0 fully saturated rings. The molecule has 0 aromatic heterocycles. The molecule has 5 rings (SSSR count). The summed E-state index contributed by atoms with van der Waals surface area (Å²) in [6.45, 7) is 0. The topological polar surface area (TPSA) is 24.8 Å². The second-order valence-corrected chi connectivity index (χ2v) is 8.99. The molecule has 0 radical (unpaired) electrons. The van der Waals surface area contributed by atoms with Gasteiger partial charge in [0.1, 0.15) is 5.75 Å². The number of rotatable bonds is 2. The second-order valence-electron chi connectivity index (χ2n) is 6.81. The Kier molecular flexibility index (Phi) is 4.69. The van der Waals surface area contributed by atoms with Gasteiger partial charge in [0.2, 0.25) is 6.23 Å². The van der Waals surface area contributed by atoms with Crippen LogP contribution in [0.1, 0.15) is 35.4 Å². The molecule has 3 aromatic rings. The van der Waals surface area contributed by atoms with E-state index in [1.54, 1.807) is 0 Å². The van der Waals surface area contributed by atoms with Crippen LogP contribution in [0.5, 0.6) is 5.75 Å². The van der Waals surface area contributed by atoms with E-state index in [-0.39, 0.29) is 12.3 Å². The van der Waals surface area contributed by atoms with Crippen LogP contribution in [0.25, 0.3) is 0 Å². The summed E-state index contributed by atoms with van der Waals surface area (Å²) in [5, 5.41) is 7.69. The van der Waals surface area contributed by atoms with Gasteiger partial charge in [-0.3, -0.25) is 0 Å². The molecule has 3 aromatic carbocycles. The van der Waals surface area contributed by atoms with Gasteiger partial charge in [-0.1, -0.05) is 76.1 Å². The Hall–Kier alpha value is -1.82. The average molecular weight is 519 g/mol. The minimum absolute atomic E-state index is 0.0778. The van der Waals surface area contributed by atoms with Crippen molar-refractivity contribution in [3.05, 3.63) is 97.4 Å². The van der Waals surface area contributed by atoms with E-state index in [1.165, 1.54) is 0 Å². The number of halogens is 3. The van der Waals surface area contributed by atoms with Gasteiger partial charge in [-0.25, -0.2) is 5.01 Å². The van der Waals surface area contributed by atoms with Crippen molar-refractivity contribution in [2.75, 3.05) is 0 Å². The Balaban J connectivity index is 1.66. The predicted molar refractivity (Wildman–Crippen MR) is 119 cm³/mol. The standard InChI is InChI=1S/C22H15Br2ClN2O/c23-14-10-16-20-12-19(13-6-2-1-3-7-13)26-27(20)22(28-21(16)17(24)11-14)15-8-4-5-9-18(15)25/h1-11,20,22H,12H2/t20-,22-/m0/s1. The molecule has 2 heterocycles. The summed E-state index contributed by atoms with van der Waals surface area (Å²) in [6.07, 6.45) is 0.425. The number of ether oxygens (including phenoxy) is 1. The zero-order chi connectivity index (χ0) is 19.3. The maximum Gasteiger partial charge on any atom is 0.215 e. The van der Waals surface area contributed by atoms with E-state index in [1.807, 2.05) is 53.5 Å². The number of hydrogen-bond donors (Lipinski definition) is 0. The van der Waals surface area contributed by atoms with Crippen LogP contribution >= 0.6 is 43.5 Å². The molecular formula is C22H15Br2ClN2O. The van der Waals surface area contributed by atoms with Gasteiger partial charge in [0.05, 0.1) is 16.2 Å². The molecule has 0 unspecified atom stereocenters. The maximum atomic E-state index is 6.52. The van der Waals surface area contributed by atoms with Gasteiger partial charge in [0, 0.05) is 27.0 Å². The fourth-order valence-corrected chi connectivity index (χ4v) is 5.38. The molecule has 0 aliphatic carbocycles. The first kappa shape index (κ1) is 18.2. The largest absolute Gasteiger partial charge is 0.463 e. The summed E-state index contributed by atoms with van der Waals surface area (Å²) in [4.78, 5) is 0. The van der Waals surface area contributed by atoms with Crippen LogP contribution in [0, 0.1) is 0 Å². The molecule has 0 amide bonds. The van der Waals surface area contributed by atoms with Crippen molar-refractivity contribution in [1.82, 2.24) is 5.01 Å². The summed E-state index contributed by atoms with van der Waals surface area (Å²) < 4.78 is 8.37. The van der Waals surface area contributed by atoms with E-state index in [4.69, 9.17) is 21.4 Å². The number of nitrogens with zero attached hydrogens (tertiary/aromatic N) is 2. The highest BCUT2D eigenvalue weighted by molar-refractivity contribution is 9.11. The summed E-state index contributed by atoms with van der Waals surface area (Å²) in [7, 11) is 0. The molecule has 6 heteroatoms. The predicted octanol–water partition coefficient (Wildman–Crippen LogP) is 7.11. The number of benzene rings is 3. The summed E-state index contributed by atoms with van der Waals surface area (Å²) >= 11 is 13.8. The lowest BCUT2D eigenvalue weighted by Gasteiger charge is -2.39. The molecule has 2 aliphatic heterocycles. The first-order valence-corrected chi connectivity index (χ1v) is 10.9. The highest BCUT2D eigenvalue weighted by Gasteiger charge is 2.42. The smallest absolute Gasteiger partial charge is 0.215 e. The van der Waals surface area contributed by atoms with Crippen molar-refractivity contribution in [2.45, 2.75) is 18.7 Å². The van der Waals surface area contributed by atoms with Gasteiger partial charge in [-0.15, -0.1) is 0 Å². The van der Waals surface area contributed by atoms with Crippen molar-refractivity contribution in [3.63, 3.8) is 0 Å². The van der Waals surface area contributed by atoms with E-state index in [9.17, 15) is 0 Å². The molecule has 140 valence electrons. The fraction of sp³-hybridized carbons (Fsp3) is 0.136. The van der Waals surface area contributed by atoms with Crippen molar-refractivity contribution in [2.24, 2.45) is 5.10 Å². The molecule has 28 heavy (non-hydrogen) atoms. The fourth-order valence-electron chi connectivity index (χ4n) is 3.80. The minimum Gasteiger partial charge on any atom is -0.463 e. The Labute approximate surface area is 185 Å². The highest BCUT2D eigenvalue weighted by Crippen LogP contribution is 2.51. The zero-order valence-electron chi connectivity index (χ0n) is 14.6. The third kappa shape index (κ3) is 3.06. The number of fused-ring (bicyclic) bond motifs is 3. The van der Waals surface area contributed by atoms with Crippen molar-refractivity contribution in [1.29, 1.82) is 0 Å². The normalized spacial score (nSPS) is 20.2. The zero-order valence-corrected chi connectivity index (χ0v) is 18.6. The third-order valence-corrected chi connectivity index (χ3v) is 6.48. The minimum atomic E-state index is -0.384. The molecule has 2 atom stereocenters. The molecule has 0 spiro atoms. The quantitative estimate of drug-likeness (QED) is 0.361. The third-order valence-electron chi connectivity index (χ3n) is 5.09. The molecule has 0 bridgehead atoms. The lowest BCUT2D eigenvalue weighted by molar-refractivity contribution is -0.0196. The van der Waals surface area contributed by atoms with Crippen LogP contribution in [0.4, 0.5) is 0 Å². The first-order chi connectivity index (χ1) is 13.6. The molecule has 2 aliphatic rings. The number of hydrogen-bond acceptors (Lipinski definition) is 3. The van der Waals surface area contributed by atoms with Gasteiger partial charge in [-0.05, 0) is 39.7 Å². The van der Waals surface area contributed by atoms with Crippen LogP contribution < -0.4 is 4.74 Å². The molecule has 0 saturated heterocycles. The molecule has 3 nitrogen and oxygen atoms in total. The van der Waals surface area contributed by atoms with E-state index in [0.29, 0.717) is 5.02 Å². The van der Waals surface area contributed by atoms with Gasteiger partial charge in [-0.2, -0.15) is 5.10 Å². The Morgan fingerprint density at radius 3 is 2.50 bits per heavy atom. The monoisotopic (exact) mass is 516 g/mol. The Morgan fingerprint density at radius 2 is 1.71 bits per heavy atom. The molecule has 0 saturated carbocycles. The van der Waals surface area contributed by atoms with E-state index in [0.717, 1.165) is 43.5 Å². The lowest BCUT2D eigenvalue weighted by Crippen LogP contribution is -2.34. The second kappa shape index (κ2) is 7.21. The molecular weight excluding hydrogens is 504 g/mol. The summed E-state index contributed by atoms with van der Waals surface area (Å²) in [5.41, 5.74) is 4.20. The first-order valence-electron chi connectivity index (χ1n) is 8.93. The van der Waals surface area contributed by atoms with Crippen LogP contribution in [0.15, 0.2) is 80.8 Å². The van der Waals surface area contributed by atoms with Crippen molar-refractivity contribution < 1.29 is 4.74 Å². The van der Waals surface area contributed by atoms with Crippen LogP contribution in [0.2, 0.25) is 5.02 Å². The van der Waals surface area contributed by atoms with Crippen LogP contribution in [0.3, 0.4) is 0 Å². The van der Waals surface area contributed by atoms with Gasteiger partial charge in [0.15, 0.2) is 0 Å². The molecule has 0 N–H and O–H groups in total. The van der Waals surface area contributed by atoms with Gasteiger partial charge >= 0.3 is 0 Å². The average Bonchev–Trinajstić information content (AvgIpc) is 3.15. The summed E-state index contributed by atoms with van der Waals surface area (Å²) in [6, 6.07) is 22.3. The number of hydrazone groups is 1. The summed E-state index contributed by atoms with van der Waals surface area (Å²) in [5.74, 6) is 0.846. The SMILES string of the molecule is Clc1ccccc1[C@@H]1Oc2c(Br)cc(Br)cc2[C@@H]2CC(c3ccccc3)=NN21. The van der Waals surface area contributed by atoms with Crippen LogP contribution in [-0.4, -0.2) is 10.7 Å². The van der Waals surface area contributed by atoms with Gasteiger partial charge in [0.25, 0.3) is 0 Å². The Bertz CT molecular complexity index is 1090. The van der Waals surface area contributed by atoms with E-state index < -0.39 is 0 Å². The van der Waals surface area contributed by atoms with Crippen LogP contribution in [-0.2, 0) is 0 Å². The van der Waals surface area contributed by atoms with Crippen molar-refractivity contribution in [3.8, 4) is 5.75 Å². The van der Waals surface area contributed by atoms with E-state index >= 15 is 0 Å². The van der Waals surface area contributed by atoms with E-state index in [2.05, 4.69) is 50.1 Å². The lowest BCUT2D eigenvalue weighted by atomic mass is 9.96. The van der Waals surface area contributed by atoms with Gasteiger partial charge < -0.3 is 4.74 Å². The van der Waals surface area contributed by atoms with Crippen molar-refractivity contribution >= 4 is 49.2 Å². The highest BCUT2D eigenvalue weighted by atomic mass is 79.9.